The highest BCUT2D eigenvalue weighted by atomic mass is 32.2. The van der Waals surface area contributed by atoms with Crippen LogP contribution in [-0.2, 0) is 22.3 Å². The van der Waals surface area contributed by atoms with Crippen molar-refractivity contribution in [3.8, 4) is 5.69 Å². The van der Waals surface area contributed by atoms with Crippen LogP contribution in [0.1, 0.15) is 11.3 Å². The van der Waals surface area contributed by atoms with Crippen LogP contribution in [0.3, 0.4) is 0 Å². The molecule has 24 heavy (non-hydrogen) atoms. The van der Waals surface area contributed by atoms with Gasteiger partial charge < -0.3 is 0 Å². The number of pyridine rings is 1. The highest BCUT2D eigenvalue weighted by Crippen LogP contribution is 2.08. The van der Waals surface area contributed by atoms with Gasteiger partial charge in [-0.3, -0.25) is 4.98 Å². The Hall–Kier alpha value is -2.65. The summed E-state index contributed by atoms with van der Waals surface area (Å²) in [5.41, 5.74) is 1.56. The van der Waals surface area contributed by atoms with Gasteiger partial charge in [0.1, 0.15) is 5.82 Å². The third-order valence-corrected chi connectivity index (χ3v) is 4.47. The van der Waals surface area contributed by atoms with Gasteiger partial charge in [-0.2, -0.15) is 0 Å². The summed E-state index contributed by atoms with van der Waals surface area (Å²) in [7, 11) is -3.61. The largest absolute Gasteiger partial charge is 0.262 e. The molecule has 0 saturated carbocycles. The molecule has 0 fully saturated rings. The van der Waals surface area contributed by atoms with Crippen LogP contribution >= 0.6 is 0 Å². The van der Waals surface area contributed by atoms with E-state index in [-0.39, 0.29) is 12.3 Å². The first-order chi connectivity index (χ1) is 11.5. The lowest BCUT2D eigenvalue weighted by Gasteiger charge is -2.05. The number of rotatable bonds is 6. The van der Waals surface area contributed by atoms with Gasteiger partial charge in [-0.1, -0.05) is 17.3 Å². The number of sulfonamides is 1. The minimum absolute atomic E-state index is 0.00207. The molecule has 1 aromatic carbocycles. The standard InChI is InChI=1S/C15H14FN5O2S/c16-13-4-1-3-12(7-13)11-24(22,23)18-8-14-10-21(20-19-14)15-5-2-6-17-9-15/h1-7,9-10,18H,8,11H2. The van der Waals surface area contributed by atoms with Crippen molar-refractivity contribution in [1.29, 1.82) is 0 Å². The number of hydrogen-bond acceptors (Lipinski definition) is 5. The SMILES string of the molecule is O=S(=O)(Cc1cccc(F)c1)NCc1cn(-c2cccnc2)nn1. The van der Waals surface area contributed by atoms with Crippen molar-refractivity contribution in [3.63, 3.8) is 0 Å². The second-order valence-electron chi connectivity index (χ2n) is 5.08. The lowest BCUT2D eigenvalue weighted by molar-refractivity contribution is 0.579. The molecule has 0 aliphatic heterocycles. The minimum atomic E-state index is -3.61. The average molecular weight is 347 g/mol. The molecule has 2 aromatic heterocycles. The number of halogens is 1. The van der Waals surface area contributed by atoms with Crippen molar-refractivity contribution in [2.24, 2.45) is 0 Å². The van der Waals surface area contributed by atoms with Crippen LogP contribution in [0.5, 0.6) is 0 Å². The topological polar surface area (TPSA) is 89.8 Å². The lowest BCUT2D eigenvalue weighted by atomic mass is 10.2. The van der Waals surface area contributed by atoms with Crippen LogP contribution < -0.4 is 4.72 Å². The van der Waals surface area contributed by atoms with Crippen LogP contribution in [0.25, 0.3) is 5.69 Å². The third kappa shape index (κ3) is 4.21. The molecule has 3 aromatic rings. The molecule has 0 amide bonds. The molecule has 0 radical (unpaired) electrons. The Kier molecular flexibility index (Phi) is 4.63. The van der Waals surface area contributed by atoms with Gasteiger partial charge in [0, 0.05) is 6.20 Å². The Morgan fingerprint density at radius 3 is 2.83 bits per heavy atom. The van der Waals surface area contributed by atoms with E-state index in [0.29, 0.717) is 11.3 Å². The predicted molar refractivity (Wildman–Crippen MR) is 85.0 cm³/mol. The molecular weight excluding hydrogens is 333 g/mol. The summed E-state index contributed by atoms with van der Waals surface area (Å²) in [6, 6.07) is 9.05. The van der Waals surface area contributed by atoms with Crippen LogP contribution in [0.4, 0.5) is 4.39 Å². The predicted octanol–water partition coefficient (Wildman–Crippen LogP) is 1.42. The molecule has 0 bridgehead atoms. The van der Waals surface area contributed by atoms with Crippen molar-refractivity contribution >= 4 is 10.0 Å². The van der Waals surface area contributed by atoms with Crippen molar-refractivity contribution in [2.45, 2.75) is 12.3 Å². The molecule has 0 unspecified atom stereocenters. The summed E-state index contributed by atoms with van der Waals surface area (Å²) in [5, 5.41) is 7.84. The molecule has 9 heteroatoms. The Morgan fingerprint density at radius 2 is 2.08 bits per heavy atom. The summed E-state index contributed by atoms with van der Waals surface area (Å²) in [5.74, 6) is -0.774. The summed E-state index contributed by atoms with van der Waals surface area (Å²) >= 11 is 0. The monoisotopic (exact) mass is 347 g/mol. The molecule has 1 N–H and O–H groups in total. The first-order valence-electron chi connectivity index (χ1n) is 7.05. The van der Waals surface area contributed by atoms with Gasteiger partial charge in [0.25, 0.3) is 0 Å². The van der Waals surface area contributed by atoms with Gasteiger partial charge >= 0.3 is 0 Å². The maximum Gasteiger partial charge on any atom is 0.216 e. The van der Waals surface area contributed by atoms with Crippen LogP contribution in [0.2, 0.25) is 0 Å². The third-order valence-electron chi connectivity index (χ3n) is 3.17. The number of benzene rings is 1. The van der Waals surface area contributed by atoms with E-state index in [0.717, 1.165) is 5.69 Å². The van der Waals surface area contributed by atoms with Crippen LogP contribution in [-0.4, -0.2) is 28.4 Å². The Bertz CT molecular complexity index is 928. The highest BCUT2D eigenvalue weighted by Gasteiger charge is 2.13. The van der Waals surface area contributed by atoms with Crippen molar-refractivity contribution in [2.75, 3.05) is 0 Å². The fraction of sp³-hybridized carbons (Fsp3) is 0.133. The average Bonchev–Trinajstić information content (AvgIpc) is 3.03. The van der Waals surface area contributed by atoms with E-state index < -0.39 is 15.8 Å². The van der Waals surface area contributed by atoms with E-state index >= 15 is 0 Å². The molecule has 0 saturated heterocycles. The fourth-order valence-corrected chi connectivity index (χ4v) is 3.16. The van der Waals surface area contributed by atoms with Crippen LogP contribution in [0.15, 0.2) is 55.0 Å². The van der Waals surface area contributed by atoms with Crippen molar-refractivity contribution in [1.82, 2.24) is 24.7 Å². The summed E-state index contributed by atoms with van der Waals surface area (Å²) in [6.45, 7) is -0.00207. The zero-order chi connectivity index (χ0) is 17.0. The minimum Gasteiger partial charge on any atom is -0.262 e. The molecule has 0 aliphatic rings. The molecule has 2 heterocycles. The van der Waals surface area contributed by atoms with E-state index in [1.807, 2.05) is 0 Å². The zero-order valence-electron chi connectivity index (χ0n) is 12.5. The zero-order valence-corrected chi connectivity index (χ0v) is 13.3. The summed E-state index contributed by atoms with van der Waals surface area (Å²) in [6.07, 6.45) is 4.87. The second kappa shape index (κ2) is 6.85. The number of nitrogens with one attached hydrogen (secondary N) is 1. The second-order valence-corrected chi connectivity index (χ2v) is 6.88. The van der Waals surface area contributed by atoms with Gasteiger partial charge in [-0.25, -0.2) is 22.2 Å². The number of hydrogen-bond donors (Lipinski definition) is 1. The molecule has 0 aliphatic carbocycles. The summed E-state index contributed by atoms with van der Waals surface area (Å²) < 4.78 is 41.2. The van der Waals surface area contributed by atoms with E-state index in [1.54, 1.807) is 36.8 Å². The van der Waals surface area contributed by atoms with Gasteiger partial charge in [0.15, 0.2) is 0 Å². The highest BCUT2D eigenvalue weighted by molar-refractivity contribution is 7.88. The molecule has 0 atom stereocenters. The first-order valence-corrected chi connectivity index (χ1v) is 8.70. The lowest BCUT2D eigenvalue weighted by Crippen LogP contribution is -2.24. The Balaban J connectivity index is 1.64. The normalized spacial score (nSPS) is 11.5. The van der Waals surface area contributed by atoms with E-state index in [2.05, 4.69) is 20.0 Å². The first kappa shape index (κ1) is 16.2. The van der Waals surface area contributed by atoms with E-state index in [4.69, 9.17) is 0 Å². The quantitative estimate of drug-likeness (QED) is 0.728. The molecule has 7 nitrogen and oxygen atoms in total. The fourth-order valence-electron chi connectivity index (χ4n) is 2.08. The van der Waals surface area contributed by atoms with Crippen molar-refractivity contribution < 1.29 is 12.8 Å². The van der Waals surface area contributed by atoms with Gasteiger partial charge in [0.05, 0.1) is 36.1 Å². The molecule has 124 valence electrons. The maximum atomic E-state index is 13.1. The number of aromatic nitrogens is 4. The Morgan fingerprint density at radius 1 is 1.21 bits per heavy atom. The number of nitrogens with zero attached hydrogens (tertiary/aromatic N) is 4. The van der Waals surface area contributed by atoms with E-state index in [1.165, 1.54) is 22.9 Å². The smallest absolute Gasteiger partial charge is 0.216 e. The summed E-state index contributed by atoms with van der Waals surface area (Å²) in [4.78, 5) is 3.98. The van der Waals surface area contributed by atoms with E-state index in [9.17, 15) is 12.8 Å². The van der Waals surface area contributed by atoms with Gasteiger partial charge in [0.2, 0.25) is 10.0 Å². The molecule has 0 spiro atoms. The Labute approximate surface area is 138 Å². The van der Waals surface area contributed by atoms with Crippen molar-refractivity contribution in [3.05, 3.63) is 72.1 Å². The van der Waals surface area contributed by atoms with Crippen LogP contribution in [0, 0.1) is 5.82 Å². The maximum absolute atomic E-state index is 13.1. The molecule has 3 rings (SSSR count). The molecular formula is C15H14FN5O2S. The van der Waals surface area contributed by atoms with Gasteiger partial charge in [-0.05, 0) is 29.8 Å². The van der Waals surface area contributed by atoms with Gasteiger partial charge in [-0.15, -0.1) is 5.10 Å².